The molecule has 0 aliphatic carbocycles. The van der Waals surface area contributed by atoms with Crippen LogP contribution in [0.2, 0.25) is 5.02 Å². The Morgan fingerprint density at radius 1 is 1.00 bits per heavy atom. The van der Waals surface area contributed by atoms with E-state index in [-0.39, 0.29) is 4.90 Å². The highest BCUT2D eigenvalue weighted by Crippen LogP contribution is 2.27. The van der Waals surface area contributed by atoms with Gasteiger partial charge in [0.1, 0.15) is 0 Å². The summed E-state index contributed by atoms with van der Waals surface area (Å²) in [7, 11) is -3.64. The van der Waals surface area contributed by atoms with Gasteiger partial charge in [0, 0.05) is 15.2 Å². The van der Waals surface area contributed by atoms with Gasteiger partial charge in [-0.15, -0.1) is 0 Å². The third kappa shape index (κ3) is 3.59. The first-order valence-corrected chi connectivity index (χ1v) is 8.92. The number of benzene rings is 2. The van der Waals surface area contributed by atoms with Crippen molar-refractivity contribution in [2.24, 2.45) is 0 Å². The van der Waals surface area contributed by atoms with Crippen LogP contribution in [0.25, 0.3) is 0 Å². The zero-order valence-electron chi connectivity index (χ0n) is 11.9. The zero-order chi connectivity index (χ0) is 15.8. The summed E-state index contributed by atoms with van der Waals surface area (Å²) < 4.78 is 28.5. The van der Waals surface area contributed by atoms with E-state index in [2.05, 4.69) is 20.7 Å². The summed E-state index contributed by atoms with van der Waals surface area (Å²) in [5, 5.41) is 0.560. The Bertz CT molecular complexity index is 804. The van der Waals surface area contributed by atoms with Crippen LogP contribution in [0.3, 0.4) is 0 Å². The fourth-order valence-corrected chi connectivity index (χ4v) is 3.87. The van der Waals surface area contributed by atoms with Crippen molar-refractivity contribution in [3.8, 4) is 0 Å². The highest BCUT2D eigenvalue weighted by atomic mass is 79.9. The highest BCUT2D eigenvalue weighted by molar-refractivity contribution is 9.10. The lowest BCUT2D eigenvalue weighted by molar-refractivity contribution is 0.600. The smallest absolute Gasteiger partial charge is 0.262 e. The molecule has 6 heteroatoms. The molecule has 0 bridgehead atoms. The molecule has 0 radical (unpaired) electrons. The number of sulfonamides is 1. The van der Waals surface area contributed by atoms with E-state index in [0.717, 1.165) is 15.6 Å². The molecule has 2 rings (SSSR count). The molecule has 0 atom stereocenters. The van der Waals surface area contributed by atoms with E-state index in [1.807, 2.05) is 13.0 Å². The van der Waals surface area contributed by atoms with Crippen LogP contribution in [0, 0.1) is 20.8 Å². The van der Waals surface area contributed by atoms with E-state index in [1.165, 1.54) is 0 Å². The Labute approximate surface area is 138 Å². The number of rotatable bonds is 3. The molecule has 0 spiro atoms. The molecule has 0 aliphatic heterocycles. The Balaban J connectivity index is 2.43. The van der Waals surface area contributed by atoms with Crippen LogP contribution >= 0.6 is 27.5 Å². The molecule has 0 aliphatic rings. The third-order valence-electron chi connectivity index (χ3n) is 3.17. The summed E-state index contributed by atoms with van der Waals surface area (Å²) in [6.07, 6.45) is 0. The number of hydrogen-bond donors (Lipinski definition) is 1. The van der Waals surface area contributed by atoms with E-state index >= 15 is 0 Å². The minimum absolute atomic E-state index is 0.237. The van der Waals surface area contributed by atoms with Crippen molar-refractivity contribution < 1.29 is 8.42 Å². The molecule has 0 aromatic heterocycles. The summed E-state index contributed by atoms with van der Waals surface area (Å²) in [5.74, 6) is 0. The van der Waals surface area contributed by atoms with Gasteiger partial charge in [-0.3, -0.25) is 4.72 Å². The molecule has 0 fully saturated rings. The second-order valence-electron chi connectivity index (χ2n) is 4.94. The highest BCUT2D eigenvalue weighted by Gasteiger charge is 2.18. The van der Waals surface area contributed by atoms with Crippen molar-refractivity contribution in [1.82, 2.24) is 0 Å². The molecule has 0 saturated carbocycles. The molecule has 0 amide bonds. The fraction of sp³-hybridized carbons (Fsp3) is 0.200. The Hall–Kier alpha value is -1.04. The van der Waals surface area contributed by atoms with Gasteiger partial charge in [0.2, 0.25) is 0 Å². The Morgan fingerprint density at radius 3 is 2.29 bits per heavy atom. The van der Waals surface area contributed by atoms with Crippen LogP contribution in [0.4, 0.5) is 5.69 Å². The zero-order valence-corrected chi connectivity index (χ0v) is 15.0. The first-order valence-electron chi connectivity index (χ1n) is 6.26. The molecule has 0 heterocycles. The van der Waals surface area contributed by atoms with Crippen molar-refractivity contribution in [3.05, 3.63) is 56.5 Å². The summed E-state index contributed by atoms with van der Waals surface area (Å²) in [6, 6.07) is 8.57. The first kappa shape index (κ1) is 16.3. The Kier molecular flexibility index (Phi) is 4.66. The molecule has 2 aromatic rings. The predicted molar refractivity (Wildman–Crippen MR) is 90.6 cm³/mol. The van der Waals surface area contributed by atoms with Gasteiger partial charge in [-0.1, -0.05) is 33.6 Å². The Morgan fingerprint density at radius 2 is 1.67 bits per heavy atom. The normalized spacial score (nSPS) is 11.5. The van der Waals surface area contributed by atoms with Crippen molar-refractivity contribution >= 4 is 43.2 Å². The predicted octanol–water partition coefficient (Wildman–Crippen LogP) is 4.83. The maximum absolute atomic E-state index is 12.5. The molecule has 0 unspecified atom stereocenters. The second kappa shape index (κ2) is 5.99. The molecule has 1 N–H and O–H groups in total. The van der Waals surface area contributed by atoms with Crippen LogP contribution in [-0.2, 0) is 10.0 Å². The molecule has 112 valence electrons. The van der Waals surface area contributed by atoms with Crippen LogP contribution in [0.5, 0.6) is 0 Å². The lowest BCUT2D eigenvalue weighted by Crippen LogP contribution is -2.14. The van der Waals surface area contributed by atoms with Gasteiger partial charge in [0.25, 0.3) is 10.0 Å². The van der Waals surface area contributed by atoms with Crippen molar-refractivity contribution in [1.29, 1.82) is 0 Å². The van der Waals surface area contributed by atoms with E-state index < -0.39 is 10.0 Å². The fourth-order valence-electron chi connectivity index (χ4n) is 1.91. The van der Waals surface area contributed by atoms with E-state index in [9.17, 15) is 8.42 Å². The van der Waals surface area contributed by atoms with Gasteiger partial charge in [0.05, 0.1) is 4.90 Å². The van der Waals surface area contributed by atoms with Crippen LogP contribution in [-0.4, -0.2) is 8.42 Å². The minimum atomic E-state index is -3.64. The summed E-state index contributed by atoms with van der Waals surface area (Å²) in [6.45, 7) is 5.45. The molecule has 2 aromatic carbocycles. The van der Waals surface area contributed by atoms with Crippen LogP contribution in [0.1, 0.15) is 16.7 Å². The van der Waals surface area contributed by atoms with Gasteiger partial charge < -0.3 is 0 Å². The number of hydrogen-bond acceptors (Lipinski definition) is 2. The number of anilines is 1. The topological polar surface area (TPSA) is 46.2 Å². The largest absolute Gasteiger partial charge is 0.280 e. The second-order valence-corrected chi connectivity index (χ2v) is 7.85. The van der Waals surface area contributed by atoms with Gasteiger partial charge in [0.15, 0.2) is 0 Å². The van der Waals surface area contributed by atoms with E-state index in [4.69, 9.17) is 11.6 Å². The van der Waals surface area contributed by atoms with Crippen LogP contribution in [0.15, 0.2) is 39.7 Å². The van der Waals surface area contributed by atoms with Gasteiger partial charge in [-0.25, -0.2) is 8.42 Å². The minimum Gasteiger partial charge on any atom is -0.280 e. The SMILES string of the molecule is Cc1cc(S(=O)(=O)Nc2ccc(C)c(Br)c2)c(C)cc1Cl. The van der Waals surface area contributed by atoms with Gasteiger partial charge >= 0.3 is 0 Å². The third-order valence-corrected chi connectivity index (χ3v) is 5.95. The molecular weight excluding hydrogens is 374 g/mol. The van der Waals surface area contributed by atoms with Gasteiger partial charge in [-0.05, 0) is 61.7 Å². The van der Waals surface area contributed by atoms with Crippen LogP contribution < -0.4 is 4.72 Å². The monoisotopic (exact) mass is 387 g/mol. The van der Waals surface area contributed by atoms with Crippen molar-refractivity contribution in [2.75, 3.05) is 4.72 Å². The van der Waals surface area contributed by atoms with E-state index in [1.54, 1.807) is 38.1 Å². The average Bonchev–Trinajstić information content (AvgIpc) is 2.37. The summed E-state index contributed by atoms with van der Waals surface area (Å²) in [5.41, 5.74) is 2.90. The van der Waals surface area contributed by atoms with Crippen molar-refractivity contribution in [3.63, 3.8) is 0 Å². The van der Waals surface area contributed by atoms with E-state index in [0.29, 0.717) is 16.3 Å². The molecule has 21 heavy (non-hydrogen) atoms. The van der Waals surface area contributed by atoms with Crippen molar-refractivity contribution in [2.45, 2.75) is 25.7 Å². The average molecular weight is 389 g/mol. The lowest BCUT2D eigenvalue weighted by atomic mass is 10.2. The summed E-state index contributed by atoms with van der Waals surface area (Å²) in [4.78, 5) is 0.237. The molecular formula is C15H15BrClNO2S. The standard InChI is InChI=1S/C15H15BrClNO2S/c1-9-4-5-12(8-13(9)16)18-21(19,20)15-7-10(2)14(17)6-11(15)3/h4-8,18H,1-3H3. The summed E-state index contributed by atoms with van der Waals surface area (Å²) >= 11 is 9.41. The number of halogens is 2. The molecule has 0 saturated heterocycles. The van der Waals surface area contributed by atoms with Gasteiger partial charge in [-0.2, -0.15) is 0 Å². The number of nitrogens with one attached hydrogen (secondary N) is 1. The quantitative estimate of drug-likeness (QED) is 0.818. The number of aryl methyl sites for hydroxylation is 3. The first-order chi connectivity index (χ1) is 9.70. The maximum atomic E-state index is 12.5. The molecule has 3 nitrogen and oxygen atoms in total. The lowest BCUT2D eigenvalue weighted by Gasteiger charge is -2.12. The maximum Gasteiger partial charge on any atom is 0.262 e.